The van der Waals surface area contributed by atoms with Crippen molar-refractivity contribution in [2.24, 2.45) is 5.92 Å². The van der Waals surface area contributed by atoms with Crippen molar-refractivity contribution in [3.05, 3.63) is 47.0 Å². The molecule has 2 nitrogen and oxygen atoms in total. The maximum atomic E-state index is 13.0. The van der Waals surface area contributed by atoms with Gasteiger partial charge in [0.25, 0.3) is 0 Å². The quantitative estimate of drug-likeness (QED) is 0.785. The normalized spacial score (nSPS) is 21.9. The Kier molecular flexibility index (Phi) is 3.07. The standard InChI is InChI=1S/C19H21NO/c1-20-11-3-5-15(12-20)19(21)17-10-9-14-8-7-13-4-2-6-16(17)18(13)14/h2,4,6,9-10,15H,3,5,7-8,11-12H2,1H3. The summed E-state index contributed by atoms with van der Waals surface area (Å²) in [6.07, 6.45) is 4.41. The van der Waals surface area contributed by atoms with Gasteiger partial charge in [0.2, 0.25) is 0 Å². The zero-order chi connectivity index (χ0) is 14.4. The van der Waals surface area contributed by atoms with E-state index in [-0.39, 0.29) is 5.92 Å². The summed E-state index contributed by atoms with van der Waals surface area (Å²) in [6, 6.07) is 10.7. The third-order valence-corrected chi connectivity index (χ3v) is 5.14. The molecule has 0 spiro atoms. The lowest BCUT2D eigenvalue weighted by molar-refractivity contribution is 0.0845. The van der Waals surface area contributed by atoms with E-state index in [1.807, 2.05) is 0 Å². The van der Waals surface area contributed by atoms with Crippen molar-refractivity contribution in [2.75, 3.05) is 20.1 Å². The summed E-state index contributed by atoms with van der Waals surface area (Å²) in [4.78, 5) is 15.3. The van der Waals surface area contributed by atoms with E-state index in [0.29, 0.717) is 5.78 Å². The molecular weight excluding hydrogens is 258 g/mol. The van der Waals surface area contributed by atoms with Gasteiger partial charge >= 0.3 is 0 Å². The molecule has 1 saturated heterocycles. The summed E-state index contributed by atoms with van der Waals surface area (Å²) >= 11 is 0. The van der Waals surface area contributed by atoms with Crippen molar-refractivity contribution in [2.45, 2.75) is 25.7 Å². The highest BCUT2D eigenvalue weighted by Gasteiger charge is 2.27. The average Bonchev–Trinajstić information content (AvgIpc) is 2.92. The molecule has 21 heavy (non-hydrogen) atoms. The molecule has 0 aromatic heterocycles. The lowest BCUT2D eigenvalue weighted by atomic mass is 9.87. The molecule has 0 radical (unpaired) electrons. The maximum absolute atomic E-state index is 13.0. The number of Topliss-reactive ketones (excluding diaryl/α,β-unsaturated/α-hetero) is 1. The van der Waals surface area contributed by atoms with Crippen LogP contribution >= 0.6 is 0 Å². The van der Waals surface area contributed by atoms with Crippen LogP contribution in [-0.2, 0) is 12.8 Å². The van der Waals surface area contributed by atoms with Crippen molar-refractivity contribution in [3.8, 4) is 0 Å². The van der Waals surface area contributed by atoms with Gasteiger partial charge in [-0.05, 0) is 61.2 Å². The van der Waals surface area contributed by atoms with Crippen molar-refractivity contribution in [1.29, 1.82) is 0 Å². The Balaban J connectivity index is 1.79. The lowest BCUT2D eigenvalue weighted by Crippen LogP contribution is -2.36. The zero-order valence-electron chi connectivity index (χ0n) is 12.6. The Hall–Kier alpha value is -1.67. The van der Waals surface area contributed by atoms with Gasteiger partial charge in [-0.1, -0.05) is 30.3 Å². The number of ketones is 1. The van der Waals surface area contributed by atoms with Crippen LogP contribution in [0.2, 0.25) is 0 Å². The molecule has 0 N–H and O–H groups in total. The lowest BCUT2D eigenvalue weighted by Gasteiger charge is -2.29. The molecular formula is C19H21NO. The van der Waals surface area contributed by atoms with Gasteiger partial charge in [-0.2, -0.15) is 0 Å². The topological polar surface area (TPSA) is 20.3 Å². The molecule has 0 amide bonds. The van der Waals surface area contributed by atoms with E-state index in [2.05, 4.69) is 42.3 Å². The van der Waals surface area contributed by atoms with Gasteiger partial charge in [-0.15, -0.1) is 0 Å². The Morgan fingerprint density at radius 1 is 1.14 bits per heavy atom. The molecule has 1 heterocycles. The van der Waals surface area contributed by atoms with Crippen LogP contribution in [0.1, 0.15) is 34.3 Å². The van der Waals surface area contributed by atoms with Crippen LogP contribution in [-0.4, -0.2) is 30.8 Å². The van der Waals surface area contributed by atoms with E-state index in [4.69, 9.17) is 0 Å². The van der Waals surface area contributed by atoms with Crippen molar-refractivity contribution >= 4 is 16.6 Å². The first kappa shape index (κ1) is 13.0. The molecule has 2 heteroatoms. The fraction of sp³-hybridized carbons (Fsp3) is 0.421. The summed E-state index contributed by atoms with van der Waals surface area (Å²) in [5.74, 6) is 0.513. The summed E-state index contributed by atoms with van der Waals surface area (Å²) in [7, 11) is 2.12. The fourth-order valence-corrected chi connectivity index (χ4v) is 4.06. The minimum absolute atomic E-state index is 0.169. The second-order valence-electron chi connectivity index (χ2n) is 6.58. The minimum atomic E-state index is 0.169. The number of likely N-dealkylation sites (tertiary alicyclic amines) is 1. The molecule has 1 aliphatic carbocycles. The first-order valence-corrected chi connectivity index (χ1v) is 8.00. The largest absolute Gasteiger partial charge is 0.306 e. The van der Waals surface area contributed by atoms with Gasteiger partial charge in [0.1, 0.15) is 0 Å². The monoisotopic (exact) mass is 279 g/mol. The molecule has 108 valence electrons. The second kappa shape index (κ2) is 4.96. The molecule has 4 rings (SSSR count). The van der Waals surface area contributed by atoms with Gasteiger partial charge in [0, 0.05) is 18.0 Å². The molecule has 0 saturated carbocycles. The van der Waals surface area contributed by atoms with Crippen LogP contribution < -0.4 is 0 Å². The predicted octanol–water partition coefficient (Wildman–Crippen LogP) is 3.46. The molecule has 2 aromatic carbocycles. The van der Waals surface area contributed by atoms with Crippen LogP contribution in [0.3, 0.4) is 0 Å². The first-order valence-electron chi connectivity index (χ1n) is 8.00. The zero-order valence-corrected chi connectivity index (χ0v) is 12.6. The third-order valence-electron chi connectivity index (χ3n) is 5.14. The minimum Gasteiger partial charge on any atom is -0.306 e. The fourth-order valence-electron chi connectivity index (χ4n) is 4.06. The van der Waals surface area contributed by atoms with Gasteiger partial charge < -0.3 is 4.90 Å². The smallest absolute Gasteiger partial charge is 0.167 e. The summed E-state index contributed by atoms with van der Waals surface area (Å²) in [5.41, 5.74) is 3.77. The van der Waals surface area contributed by atoms with Crippen LogP contribution in [0.4, 0.5) is 0 Å². The Morgan fingerprint density at radius 2 is 1.95 bits per heavy atom. The molecule has 1 unspecified atom stereocenters. The number of hydrogen-bond donors (Lipinski definition) is 0. The maximum Gasteiger partial charge on any atom is 0.167 e. The number of piperidine rings is 1. The Bertz CT molecular complexity index is 709. The van der Waals surface area contributed by atoms with Crippen molar-refractivity contribution in [1.82, 2.24) is 4.90 Å². The van der Waals surface area contributed by atoms with Gasteiger partial charge in [0.05, 0.1) is 0 Å². The highest BCUT2D eigenvalue weighted by molar-refractivity contribution is 6.11. The number of hydrogen-bond acceptors (Lipinski definition) is 2. The second-order valence-corrected chi connectivity index (χ2v) is 6.58. The number of rotatable bonds is 2. The van der Waals surface area contributed by atoms with Crippen molar-refractivity contribution in [3.63, 3.8) is 0 Å². The Morgan fingerprint density at radius 3 is 2.76 bits per heavy atom. The third kappa shape index (κ3) is 2.09. The molecule has 1 fully saturated rings. The van der Waals surface area contributed by atoms with Gasteiger partial charge in [-0.3, -0.25) is 4.79 Å². The van der Waals surface area contributed by atoms with E-state index in [9.17, 15) is 4.79 Å². The van der Waals surface area contributed by atoms with Crippen molar-refractivity contribution < 1.29 is 4.79 Å². The molecule has 2 aromatic rings. The summed E-state index contributed by atoms with van der Waals surface area (Å²) in [6.45, 7) is 2.02. The Labute approximate surface area is 125 Å². The van der Waals surface area contributed by atoms with E-state index in [1.165, 1.54) is 21.9 Å². The highest BCUT2D eigenvalue weighted by Crippen LogP contribution is 2.34. The van der Waals surface area contributed by atoms with Gasteiger partial charge in [-0.25, -0.2) is 0 Å². The number of nitrogens with zero attached hydrogens (tertiary/aromatic N) is 1. The van der Waals surface area contributed by atoms with E-state index in [1.54, 1.807) is 0 Å². The number of aryl methyl sites for hydroxylation is 2. The average molecular weight is 279 g/mol. The first-order chi connectivity index (χ1) is 10.2. The number of carbonyl (C=O) groups is 1. The number of carbonyl (C=O) groups excluding carboxylic acids is 1. The van der Waals surface area contributed by atoms with Crippen LogP contribution in [0.5, 0.6) is 0 Å². The number of benzene rings is 2. The van der Waals surface area contributed by atoms with E-state index in [0.717, 1.165) is 44.3 Å². The highest BCUT2D eigenvalue weighted by atomic mass is 16.1. The van der Waals surface area contributed by atoms with Gasteiger partial charge in [0.15, 0.2) is 5.78 Å². The van der Waals surface area contributed by atoms with Crippen LogP contribution in [0.15, 0.2) is 30.3 Å². The summed E-state index contributed by atoms with van der Waals surface area (Å²) < 4.78 is 0. The van der Waals surface area contributed by atoms with E-state index >= 15 is 0 Å². The predicted molar refractivity (Wildman–Crippen MR) is 85.9 cm³/mol. The molecule has 2 aliphatic rings. The molecule has 0 bridgehead atoms. The molecule has 1 aliphatic heterocycles. The van der Waals surface area contributed by atoms with Crippen LogP contribution in [0, 0.1) is 5.92 Å². The summed E-state index contributed by atoms with van der Waals surface area (Å²) in [5, 5.41) is 2.54. The SMILES string of the molecule is CN1CCCC(C(=O)c2ccc3c4c(cccc24)CC3)C1. The van der Waals surface area contributed by atoms with Crippen LogP contribution in [0.25, 0.3) is 10.8 Å². The van der Waals surface area contributed by atoms with E-state index < -0.39 is 0 Å². The molecule has 1 atom stereocenters.